The molecule has 0 aliphatic carbocycles. The summed E-state index contributed by atoms with van der Waals surface area (Å²) in [5, 5.41) is 0. The Kier molecular flexibility index (Phi) is 5.81. The smallest absolute Gasteiger partial charge is 0.338 e. The van der Waals surface area contributed by atoms with Gasteiger partial charge in [0, 0.05) is 6.92 Å². The van der Waals surface area contributed by atoms with E-state index < -0.39 is 59.2 Å². The van der Waals surface area contributed by atoms with Gasteiger partial charge < -0.3 is 14.2 Å². The Balaban J connectivity index is 1.95. The van der Waals surface area contributed by atoms with Crippen LogP contribution in [0.4, 0.5) is 8.78 Å². The summed E-state index contributed by atoms with van der Waals surface area (Å²) in [7, 11) is 0. The number of rotatable bonds is 5. The molecular formula is C20H20F2N2O7. The highest BCUT2D eigenvalue weighted by atomic mass is 19.1. The monoisotopic (exact) mass is 438 g/mol. The summed E-state index contributed by atoms with van der Waals surface area (Å²) >= 11 is 0. The fraction of sp³-hybridized carbons (Fsp3) is 0.400. The number of halogens is 2. The minimum Gasteiger partial charge on any atom is -0.459 e. The van der Waals surface area contributed by atoms with Crippen molar-refractivity contribution in [3.8, 4) is 0 Å². The summed E-state index contributed by atoms with van der Waals surface area (Å²) in [6, 6.07) is 7.96. The predicted octanol–water partition coefficient (Wildman–Crippen LogP) is 1.48. The molecular weight excluding hydrogens is 418 g/mol. The van der Waals surface area contributed by atoms with Crippen LogP contribution in [0.25, 0.3) is 0 Å². The molecule has 1 aromatic heterocycles. The predicted molar refractivity (Wildman–Crippen MR) is 102 cm³/mol. The molecule has 166 valence electrons. The van der Waals surface area contributed by atoms with Gasteiger partial charge in [0.2, 0.25) is 5.82 Å². The zero-order valence-corrected chi connectivity index (χ0v) is 16.9. The molecule has 0 radical (unpaired) electrons. The first-order valence-electron chi connectivity index (χ1n) is 9.24. The summed E-state index contributed by atoms with van der Waals surface area (Å²) < 4.78 is 46.2. The number of esters is 2. The van der Waals surface area contributed by atoms with Gasteiger partial charge in [0.05, 0.1) is 11.8 Å². The third-order valence-electron chi connectivity index (χ3n) is 5.25. The second-order valence-corrected chi connectivity index (χ2v) is 7.36. The number of H-pyrrole nitrogens is 1. The van der Waals surface area contributed by atoms with Crippen molar-refractivity contribution in [2.24, 2.45) is 0 Å². The van der Waals surface area contributed by atoms with E-state index in [1.807, 2.05) is 0 Å². The van der Waals surface area contributed by atoms with Crippen molar-refractivity contribution in [2.45, 2.75) is 44.4 Å². The highest BCUT2D eigenvalue weighted by Gasteiger charge is 2.66. The minimum atomic E-state index is -2.59. The van der Waals surface area contributed by atoms with Gasteiger partial charge in [0.1, 0.15) is 12.7 Å². The maximum absolute atomic E-state index is 16.0. The van der Waals surface area contributed by atoms with Crippen molar-refractivity contribution in [1.82, 2.24) is 9.55 Å². The van der Waals surface area contributed by atoms with Crippen molar-refractivity contribution >= 4 is 11.9 Å². The Morgan fingerprint density at radius 1 is 1.23 bits per heavy atom. The van der Waals surface area contributed by atoms with E-state index >= 15 is 4.39 Å². The van der Waals surface area contributed by atoms with Gasteiger partial charge in [-0.1, -0.05) is 18.2 Å². The Labute approximate surface area is 174 Å². The first kappa shape index (κ1) is 22.3. The van der Waals surface area contributed by atoms with Gasteiger partial charge >= 0.3 is 17.6 Å². The van der Waals surface area contributed by atoms with Crippen LogP contribution in [0.1, 0.15) is 37.4 Å². The van der Waals surface area contributed by atoms with Crippen LogP contribution in [-0.2, 0) is 19.0 Å². The molecule has 1 saturated heterocycles. The van der Waals surface area contributed by atoms with Crippen molar-refractivity contribution in [3.63, 3.8) is 0 Å². The highest BCUT2D eigenvalue weighted by molar-refractivity contribution is 5.89. The lowest BCUT2D eigenvalue weighted by atomic mass is 9.84. The maximum Gasteiger partial charge on any atom is 0.338 e. The van der Waals surface area contributed by atoms with Crippen LogP contribution in [0.2, 0.25) is 0 Å². The van der Waals surface area contributed by atoms with Crippen LogP contribution in [0.5, 0.6) is 0 Å². The Bertz CT molecular complexity index is 1110. The molecule has 1 aliphatic heterocycles. The van der Waals surface area contributed by atoms with Crippen LogP contribution >= 0.6 is 0 Å². The molecule has 0 unspecified atom stereocenters. The van der Waals surface area contributed by atoms with E-state index in [0.29, 0.717) is 10.8 Å². The molecule has 2 aromatic rings. The van der Waals surface area contributed by atoms with E-state index in [-0.39, 0.29) is 5.56 Å². The van der Waals surface area contributed by atoms with Gasteiger partial charge in [-0.3, -0.25) is 19.1 Å². The van der Waals surface area contributed by atoms with E-state index in [4.69, 9.17) is 14.2 Å². The van der Waals surface area contributed by atoms with Gasteiger partial charge in [0.15, 0.2) is 17.5 Å². The second-order valence-electron chi connectivity index (χ2n) is 7.36. The average Bonchev–Trinajstić information content (AvgIpc) is 2.89. The number of hydrogen-bond acceptors (Lipinski definition) is 7. The molecule has 2 heterocycles. The molecule has 1 N–H and O–H groups in total. The van der Waals surface area contributed by atoms with Crippen molar-refractivity contribution in [1.29, 1.82) is 0 Å². The summed E-state index contributed by atoms with van der Waals surface area (Å²) in [4.78, 5) is 49.1. The third kappa shape index (κ3) is 4.00. The van der Waals surface area contributed by atoms with E-state index in [0.717, 1.165) is 13.8 Å². The fourth-order valence-corrected chi connectivity index (χ4v) is 3.41. The van der Waals surface area contributed by atoms with Gasteiger partial charge in [-0.15, -0.1) is 0 Å². The topological polar surface area (TPSA) is 117 Å². The number of aromatic amines is 1. The fourth-order valence-electron chi connectivity index (χ4n) is 3.41. The molecule has 1 aliphatic rings. The van der Waals surface area contributed by atoms with Crippen LogP contribution in [0.15, 0.2) is 46.1 Å². The standard InChI is InChI=1S/C20H20F2N2O7/c1-11(25)31-20(3)14(10-29-16(27)12-7-5-4-6-8-12)30-17(19(20,2)22)24-9-13(21)15(26)23-18(24)28/h4-9,14,17H,10H2,1-3H3,(H,23,26,28)/t14-,17+,19+,20+/m1/s1. The normalized spacial score (nSPS) is 27.6. The molecule has 3 rings (SSSR count). The number of nitrogens with one attached hydrogen (secondary N) is 1. The van der Waals surface area contributed by atoms with Gasteiger partial charge in [0.25, 0.3) is 5.56 Å². The number of ether oxygens (including phenoxy) is 3. The molecule has 11 heteroatoms. The summed E-state index contributed by atoms with van der Waals surface area (Å²) in [5.74, 6) is -2.92. The third-order valence-corrected chi connectivity index (χ3v) is 5.25. The molecule has 31 heavy (non-hydrogen) atoms. The molecule has 1 fully saturated rings. The zero-order chi connectivity index (χ0) is 23.0. The molecule has 0 saturated carbocycles. The van der Waals surface area contributed by atoms with E-state index in [1.54, 1.807) is 23.2 Å². The first-order valence-corrected chi connectivity index (χ1v) is 9.24. The quantitative estimate of drug-likeness (QED) is 0.703. The SMILES string of the molecule is CC(=O)O[C@@]1(C)[C@@H](COC(=O)c2ccccc2)O[C@H](n2cc(F)c(=O)[nH]c2=O)[C@]1(C)F. The number of carbonyl (C=O) groups excluding carboxylic acids is 2. The summed E-state index contributed by atoms with van der Waals surface area (Å²) in [5.41, 5.74) is -6.79. The second kappa shape index (κ2) is 8.06. The van der Waals surface area contributed by atoms with Crippen LogP contribution < -0.4 is 11.2 Å². The van der Waals surface area contributed by atoms with Gasteiger partial charge in [-0.05, 0) is 26.0 Å². The lowest BCUT2D eigenvalue weighted by Crippen LogP contribution is -2.55. The highest BCUT2D eigenvalue weighted by Crippen LogP contribution is 2.50. The van der Waals surface area contributed by atoms with E-state index in [1.165, 1.54) is 19.1 Å². The van der Waals surface area contributed by atoms with Gasteiger partial charge in [-0.2, -0.15) is 4.39 Å². The number of carbonyl (C=O) groups is 2. The van der Waals surface area contributed by atoms with Crippen molar-refractivity contribution in [3.05, 3.63) is 68.7 Å². The van der Waals surface area contributed by atoms with Crippen molar-refractivity contribution < 1.29 is 32.6 Å². The Morgan fingerprint density at radius 2 is 1.87 bits per heavy atom. The summed E-state index contributed by atoms with van der Waals surface area (Å²) in [6.45, 7) is 2.72. The number of nitrogens with zero attached hydrogens (tertiary/aromatic N) is 1. The molecule has 0 amide bonds. The number of benzene rings is 1. The number of hydrogen-bond donors (Lipinski definition) is 1. The van der Waals surface area contributed by atoms with Crippen LogP contribution in [0, 0.1) is 5.82 Å². The zero-order valence-electron chi connectivity index (χ0n) is 16.9. The molecule has 0 spiro atoms. The van der Waals surface area contributed by atoms with Gasteiger partial charge in [-0.25, -0.2) is 14.0 Å². The lowest BCUT2D eigenvalue weighted by Gasteiger charge is -2.36. The number of aromatic nitrogens is 2. The van der Waals surface area contributed by atoms with Crippen LogP contribution in [0.3, 0.4) is 0 Å². The number of alkyl halides is 1. The van der Waals surface area contributed by atoms with E-state index in [2.05, 4.69) is 0 Å². The van der Waals surface area contributed by atoms with Crippen LogP contribution in [-0.4, -0.2) is 45.5 Å². The minimum absolute atomic E-state index is 0.230. The Morgan fingerprint density at radius 3 is 2.48 bits per heavy atom. The Hall–Kier alpha value is -3.34. The molecule has 1 aromatic carbocycles. The maximum atomic E-state index is 16.0. The largest absolute Gasteiger partial charge is 0.459 e. The van der Waals surface area contributed by atoms with Crippen molar-refractivity contribution in [2.75, 3.05) is 6.61 Å². The first-order chi connectivity index (χ1) is 14.5. The average molecular weight is 438 g/mol. The summed E-state index contributed by atoms with van der Waals surface area (Å²) in [6.07, 6.45) is -2.65. The van der Waals surface area contributed by atoms with E-state index in [9.17, 15) is 23.6 Å². The molecule has 9 nitrogen and oxygen atoms in total. The molecule has 4 atom stereocenters. The molecule has 0 bridgehead atoms. The lowest BCUT2D eigenvalue weighted by molar-refractivity contribution is -0.175.